The second-order valence-corrected chi connectivity index (χ2v) is 5.07. The van der Waals surface area contributed by atoms with Crippen LogP contribution in [0.4, 0.5) is 4.39 Å². The van der Waals surface area contributed by atoms with E-state index in [2.05, 4.69) is 17.5 Å². The summed E-state index contributed by atoms with van der Waals surface area (Å²) in [6, 6.07) is 13.4. The molecule has 0 saturated heterocycles. The Balaban J connectivity index is 2.20. The summed E-state index contributed by atoms with van der Waals surface area (Å²) in [7, 11) is 0. The molecule has 0 aliphatic rings. The SMILES string of the molecule is NCc1ccc(-c2cccc3ccsc23)cc1F. The molecule has 3 heteroatoms. The van der Waals surface area contributed by atoms with E-state index in [1.165, 1.54) is 10.1 Å². The Labute approximate surface area is 109 Å². The van der Waals surface area contributed by atoms with Crippen molar-refractivity contribution in [2.45, 2.75) is 6.54 Å². The minimum Gasteiger partial charge on any atom is -0.326 e. The molecule has 0 unspecified atom stereocenters. The summed E-state index contributed by atoms with van der Waals surface area (Å²) in [5.41, 5.74) is 8.00. The molecule has 0 amide bonds. The van der Waals surface area contributed by atoms with E-state index in [4.69, 9.17) is 5.73 Å². The van der Waals surface area contributed by atoms with Gasteiger partial charge in [-0.15, -0.1) is 11.3 Å². The average molecular weight is 257 g/mol. The molecule has 0 spiro atoms. The van der Waals surface area contributed by atoms with E-state index in [0.717, 1.165) is 11.1 Å². The zero-order valence-electron chi connectivity index (χ0n) is 9.69. The van der Waals surface area contributed by atoms with Gasteiger partial charge in [-0.05, 0) is 34.0 Å². The standard InChI is InChI=1S/C15H12FNS/c16-14-8-11(4-5-12(14)9-17)13-3-1-2-10-6-7-18-15(10)13/h1-8H,9,17H2. The first kappa shape index (κ1) is 11.4. The minimum atomic E-state index is -0.233. The van der Waals surface area contributed by atoms with Crippen LogP contribution in [0.25, 0.3) is 21.2 Å². The van der Waals surface area contributed by atoms with Crippen LogP contribution in [-0.2, 0) is 6.54 Å². The second-order valence-electron chi connectivity index (χ2n) is 4.15. The van der Waals surface area contributed by atoms with Crippen molar-refractivity contribution in [3.63, 3.8) is 0 Å². The molecular formula is C15H12FNS. The molecule has 90 valence electrons. The number of benzene rings is 2. The highest BCUT2D eigenvalue weighted by Crippen LogP contribution is 2.33. The average Bonchev–Trinajstić information content (AvgIpc) is 2.86. The Hall–Kier alpha value is -1.71. The molecule has 0 fully saturated rings. The van der Waals surface area contributed by atoms with Gasteiger partial charge in [0.05, 0.1) is 0 Å². The van der Waals surface area contributed by atoms with Crippen molar-refractivity contribution in [2.24, 2.45) is 5.73 Å². The number of rotatable bonds is 2. The van der Waals surface area contributed by atoms with Gasteiger partial charge in [-0.1, -0.05) is 30.3 Å². The fourth-order valence-corrected chi connectivity index (χ4v) is 3.04. The molecule has 0 atom stereocenters. The van der Waals surface area contributed by atoms with Gasteiger partial charge >= 0.3 is 0 Å². The molecule has 0 bridgehead atoms. The molecule has 3 aromatic rings. The van der Waals surface area contributed by atoms with E-state index in [1.807, 2.05) is 18.2 Å². The summed E-state index contributed by atoms with van der Waals surface area (Å²) in [6.45, 7) is 0.231. The normalized spacial score (nSPS) is 11.0. The topological polar surface area (TPSA) is 26.0 Å². The fourth-order valence-electron chi connectivity index (χ4n) is 2.10. The van der Waals surface area contributed by atoms with Crippen LogP contribution in [0.5, 0.6) is 0 Å². The zero-order chi connectivity index (χ0) is 12.5. The van der Waals surface area contributed by atoms with Crippen LogP contribution < -0.4 is 5.73 Å². The fraction of sp³-hybridized carbons (Fsp3) is 0.0667. The van der Waals surface area contributed by atoms with E-state index in [-0.39, 0.29) is 12.4 Å². The maximum atomic E-state index is 13.8. The Morgan fingerprint density at radius 2 is 2.00 bits per heavy atom. The van der Waals surface area contributed by atoms with Crippen molar-refractivity contribution in [3.8, 4) is 11.1 Å². The summed E-state index contributed by atoms with van der Waals surface area (Å²) < 4.78 is 15.0. The molecule has 1 heterocycles. The lowest BCUT2D eigenvalue weighted by Gasteiger charge is -2.06. The lowest BCUT2D eigenvalue weighted by atomic mass is 10.0. The Bertz CT molecular complexity index is 703. The van der Waals surface area contributed by atoms with Crippen molar-refractivity contribution in [1.82, 2.24) is 0 Å². The number of halogens is 1. The van der Waals surface area contributed by atoms with Crippen LogP contribution >= 0.6 is 11.3 Å². The monoisotopic (exact) mass is 257 g/mol. The predicted molar refractivity (Wildman–Crippen MR) is 75.1 cm³/mol. The number of fused-ring (bicyclic) bond motifs is 1. The Morgan fingerprint density at radius 1 is 1.11 bits per heavy atom. The number of nitrogens with two attached hydrogens (primary N) is 1. The van der Waals surface area contributed by atoms with E-state index >= 15 is 0 Å². The van der Waals surface area contributed by atoms with Crippen LogP contribution in [0.1, 0.15) is 5.56 Å². The van der Waals surface area contributed by atoms with Crippen LogP contribution in [0.15, 0.2) is 47.8 Å². The Kier molecular flexibility index (Phi) is 2.86. The van der Waals surface area contributed by atoms with Gasteiger partial charge in [-0.3, -0.25) is 0 Å². The quantitative estimate of drug-likeness (QED) is 0.732. The summed E-state index contributed by atoms with van der Waals surface area (Å²) in [5.74, 6) is -0.233. The highest BCUT2D eigenvalue weighted by atomic mass is 32.1. The van der Waals surface area contributed by atoms with Gasteiger partial charge in [0.2, 0.25) is 0 Å². The first-order chi connectivity index (χ1) is 8.79. The lowest BCUT2D eigenvalue weighted by Crippen LogP contribution is -1.99. The van der Waals surface area contributed by atoms with Crippen molar-refractivity contribution in [1.29, 1.82) is 0 Å². The molecule has 1 aromatic heterocycles. The second kappa shape index (κ2) is 4.52. The van der Waals surface area contributed by atoms with Crippen molar-refractivity contribution in [2.75, 3.05) is 0 Å². The van der Waals surface area contributed by atoms with Crippen molar-refractivity contribution < 1.29 is 4.39 Å². The van der Waals surface area contributed by atoms with E-state index in [0.29, 0.717) is 5.56 Å². The predicted octanol–water partition coefficient (Wildman–Crippen LogP) is 4.17. The van der Waals surface area contributed by atoms with Gasteiger partial charge in [0.15, 0.2) is 0 Å². The molecule has 0 saturated carbocycles. The van der Waals surface area contributed by atoms with Gasteiger partial charge < -0.3 is 5.73 Å². The van der Waals surface area contributed by atoms with Crippen LogP contribution in [0.2, 0.25) is 0 Å². The zero-order valence-corrected chi connectivity index (χ0v) is 10.5. The van der Waals surface area contributed by atoms with Gasteiger partial charge in [0.25, 0.3) is 0 Å². The van der Waals surface area contributed by atoms with Gasteiger partial charge in [-0.25, -0.2) is 4.39 Å². The molecule has 1 nitrogen and oxygen atoms in total. The minimum absolute atomic E-state index is 0.231. The van der Waals surface area contributed by atoms with Crippen LogP contribution in [0, 0.1) is 5.82 Å². The smallest absolute Gasteiger partial charge is 0.128 e. The molecular weight excluding hydrogens is 245 g/mol. The number of hydrogen-bond donors (Lipinski definition) is 1. The van der Waals surface area contributed by atoms with Gasteiger partial charge in [0, 0.05) is 16.8 Å². The molecule has 0 aliphatic heterocycles. The first-order valence-electron chi connectivity index (χ1n) is 5.74. The highest BCUT2D eigenvalue weighted by Gasteiger charge is 2.07. The third kappa shape index (κ3) is 1.82. The third-order valence-corrected chi connectivity index (χ3v) is 4.03. The van der Waals surface area contributed by atoms with Crippen molar-refractivity contribution >= 4 is 21.4 Å². The number of hydrogen-bond acceptors (Lipinski definition) is 2. The van der Waals surface area contributed by atoms with E-state index in [9.17, 15) is 4.39 Å². The maximum absolute atomic E-state index is 13.8. The largest absolute Gasteiger partial charge is 0.326 e. The molecule has 0 aliphatic carbocycles. The lowest BCUT2D eigenvalue weighted by molar-refractivity contribution is 0.611. The summed E-state index contributed by atoms with van der Waals surface area (Å²) >= 11 is 1.68. The molecule has 18 heavy (non-hydrogen) atoms. The molecule has 2 N–H and O–H groups in total. The summed E-state index contributed by atoms with van der Waals surface area (Å²) in [6.07, 6.45) is 0. The van der Waals surface area contributed by atoms with Gasteiger partial charge in [-0.2, -0.15) is 0 Å². The van der Waals surface area contributed by atoms with Crippen molar-refractivity contribution in [3.05, 3.63) is 59.2 Å². The first-order valence-corrected chi connectivity index (χ1v) is 6.62. The summed E-state index contributed by atoms with van der Waals surface area (Å²) in [5, 5.41) is 3.25. The van der Waals surface area contributed by atoms with Crippen LogP contribution in [-0.4, -0.2) is 0 Å². The summed E-state index contributed by atoms with van der Waals surface area (Å²) in [4.78, 5) is 0. The van der Waals surface area contributed by atoms with Gasteiger partial charge in [0.1, 0.15) is 5.82 Å². The highest BCUT2D eigenvalue weighted by molar-refractivity contribution is 7.17. The molecule has 0 radical (unpaired) electrons. The molecule has 3 rings (SSSR count). The van der Waals surface area contributed by atoms with Crippen LogP contribution in [0.3, 0.4) is 0 Å². The Morgan fingerprint density at radius 3 is 2.78 bits per heavy atom. The number of thiophene rings is 1. The molecule has 2 aromatic carbocycles. The van der Waals surface area contributed by atoms with E-state index in [1.54, 1.807) is 23.5 Å². The third-order valence-electron chi connectivity index (χ3n) is 3.06. The maximum Gasteiger partial charge on any atom is 0.128 e. The van der Waals surface area contributed by atoms with E-state index < -0.39 is 0 Å².